The number of aldehydes is 1. The SMILES string of the molecule is COC(=O)C1(Oc2ccc(C=O)cc2Br)CC1. The molecule has 0 bridgehead atoms. The van der Waals surface area contributed by atoms with Crippen molar-refractivity contribution in [3.63, 3.8) is 0 Å². The van der Waals surface area contributed by atoms with Gasteiger partial charge in [0.1, 0.15) is 12.0 Å². The molecule has 4 nitrogen and oxygen atoms in total. The average molecular weight is 299 g/mol. The summed E-state index contributed by atoms with van der Waals surface area (Å²) in [6, 6.07) is 4.95. The van der Waals surface area contributed by atoms with E-state index in [0.717, 1.165) is 6.29 Å². The van der Waals surface area contributed by atoms with Crippen LogP contribution in [0.3, 0.4) is 0 Å². The van der Waals surface area contributed by atoms with E-state index in [9.17, 15) is 9.59 Å². The molecule has 90 valence electrons. The Labute approximate surface area is 107 Å². The Morgan fingerprint density at radius 3 is 2.65 bits per heavy atom. The Bertz CT molecular complexity index is 466. The van der Waals surface area contributed by atoms with Gasteiger partial charge in [0.15, 0.2) is 0 Å². The summed E-state index contributed by atoms with van der Waals surface area (Å²) >= 11 is 3.30. The van der Waals surface area contributed by atoms with Crippen molar-refractivity contribution in [3.05, 3.63) is 28.2 Å². The maximum Gasteiger partial charge on any atom is 0.350 e. The second-order valence-electron chi connectivity index (χ2n) is 3.90. The molecular formula is C12H11BrO4. The monoisotopic (exact) mass is 298 g/mol. The van der Waals surface area contributed by atoms with Crippen molar-refractivity contribution in [2.45, 2.75) is 18.4 Å². The molecule has 0 atom stereocenters. The van der Waals surface area contributed by atoms with Crippen LogP contribution < -0.4 is 4.74 Å². The lowest BCUT2D eigenvalue weighted by atomic mass is 10.2. The maximum atomic E-state index is 11.5. The Morgan fingerprint density at radius 1 is 1.47 bits per heavy atom. The molecule has 0 unspecified atom stereocenters. The minimum atomic E-state index is -0.833. The molecule has 1 fully saturated rings. The third kappa shape index (κ3) is 2.34. The number of hydrogen-bond acceptors (Lipinski definition) is 4. The number of esters is 1. The van der Waals surface area contributed by atoms with Crippen LogP contribution in [0.15, 0.2) is 22.7 Å². The molecule has 1 aromatic carbocycles. The van der Waals surface area contributed by atoms with Crippen LogP contribution in [0.5, 0.6) is 5.75 Å². The van der Waals surface area contributed by atoms with Crippen molar-refractivity contribution in [3.8, 4) is 5.75 Å². The van der Waals surface area contributed by atoms with Crippen molar-refractivity contribution in [1.82, 2.24) is 0 Å². The van der Waals surface area contributed by atoms with Crippen LogP contribution in [0, 0.1) is 0 Å². The van der Waals surface area contributed by atoms with Gasteiger partial charge in [0.25, 0.3) is 0 Å². The summed E-state index contributed by atoms with van der Waals surface area (Å²) in [5, 5.41) is 0. The van der Waals surface area contributed by atoms with E-state index in [1.54, 1.807) is 18.2 Å². The fourth-order valence-corrected chi connectivity index (χ4v) is 2.01. The van der Waals surface area contributed by atoms with E-state index in [-0.39, 0.29) is 5.97 Å². The van der Waals surface area contributed by atoms with Gasteiger partial charge in [-0.3, -0.25) is 4.79 Å². The number of carbonyl (C=O) groups excluding carboxylic acids is 2. The van der Waals surface area contributed by atoms with E-state index in [0.29, 0.717) is 28.6 Å². The van der Waals surface area contributed by atoms with E-state index in [1.807, 2.05) is 0 Å². The maximum absolute atomic E-state index is 11.5. The molecule has 0 radical (unpaired) electrons. The summed E-state index contributed by atoms with van der Waals surface area (Å²) in [7, 11) is 1.34. The molecule has 0 spiro atoms. The van der Waals surface area contributed by atoms with Crippen molar-refractivity contribution < 1.29 is 19.1 Å². The Morgan fingerprint density at radius 2 is 2.18 bits per heavy atom. The molecule has 0 N–H and O–H groups in total. The molecule has 0 saturated heterocycles. The van der Waals surface area contributed by atoms with Gasteiger partial charge in [-0.25, -0.2) is 4.79 Å². The van der Waals surface area contributed by atoms with Crippen LogP contribution in [0.4, 0.5) is 0 Å². The lowest BCUT2D eigenvalue weighted by molar-refractivity contribution is -0.151. The first kappa shape index (κ1) is 12.1. The second kappa shape index (κ2) is 4.49. The van der Waals surface area contributed by atoms with E-state index < -0.39 is 5.60 Å². The summed E-state index contributed by atoms with van der Waals surface area (Å²) in [4.78, 5) is 22.1. The standard InChI is InChI=1S/C12H11BrO4/c1-16-11(15)12(4-5-12)17-10-3-2-8(7-14)6-9(10)13/h2-3,6-7H,4-5H2,1H3. The Balaban J connectivity index is 2.19. The Hall–Kier alpha value is -1.36. The first-order valence-electron chi connectivity index (χ1n) is 5.13. The average Bonchev–Trinajstić information content (AvgIpc) is 3.11. The molecule has 0 aliphatic heterocycles. The highest BCUT2D eigenvalue weighted by Gasteiger charge is 2.54. The minimum Gasteiger partial charge on any atom is -0.474 e. The topological polar surface area (TPSA) is 52.6 Å². The van der Waals surface area contributed by atoms with Gasteiger partial charge in [-0.15, -0.1) is 0 Å². The minimum absolute atomic E-state index is 0.358. The largest absolute Gasteiger partial charge is 0.474 e. The summed E-state index contributed by atoms with van der Waals surface area (Å²) < 4.78 is 11.0. The second-order valence-corrected chi connectivity index (χ2v) is 4.75. The van der Waals surface area contributed by atoms with Crippen LogP contribution in [-0.4, -0.2) is 25.0 Å². The highest BCUT2D eigenvalue weighted by Crippen LogP contribution is 2.43. The van der Waals surface area contributed by atoms with E-state index in [1.165, 1.54) is 7.11 Å². The Kier molecular flexibility index (Phi) is 3.19. The molecule has 1 aromatic rings. The fraction of sp³-hybridized carbons (Fsp3) is 0.333. The predicted molar refractivity (Wildman–Crippen MR) is 64.1 cm³/mol. The van der Waals surface area contributed by atoms with E-state index in [4.69, 9.17) is 9.47 Å². The van der Waals surface area contributed by atoms with Gasteiger partial charge in [-0.05, 0) is 34.1 Å². The molecule has 5 heteroatoms. The first-order chi connectivity index (χ1) is 8.11. The zero-order chi connectivity index (χ0) is 12.5. The van der Waals surface area contributed by atoms with E-state index in [2.05, 4.69) is 15.9 Å². The van der Waals surface area contributed by atoms with Gasteiger partial charge >= 0.3 is 5.97 Å². The molecular weight excluding hydrogens is 288 g/mol. The van der Waals surface area contributed by atoms with Crippen molar-refractivity contribution >= 4 is 28.2 Å². The molecule has 1 aliphatic carbocycles. The third-order valence-corrected chi connectivity index (χ3v) is 3.28. The number of rotatable bonds is 4. The quantitative estimate of drug-likeness (QED) is 0.632. The van der Waals surface area contributed by atoms with Gasteiger partial charge < -0.3 is 9.47 Å². The number of hydrogen-bond donors (Lipinski definition) is 0. The number of benzene rings is 1. The van der Waals surface area contributed by atoms with Crippen LogP contribution in [0.1, 0.15) is 23.2 Å². The smallest absolute Gasteiger partial charge is 0.350 e. The van der Waals surface area contributed by atoms with Gasteiger partial charge in [0, 0.05) is 18.4 Å². The highest BCUT2D eigenvalue weighted by atomic mass is 79.9. The van der Waals surface area contributed by atoms with Crippen molar-refractivity contribution in [2.75, 3.05) is 7.11 Å². The number of methoxy groups -OCH3 is 1. The van der Waals surface area contributed by atoms with Gasteiger partial charge in [-0.2, -0.15) is 0 Å². The highest BCUT2D eigenvalue weighted by molar-refractivity contribution is 9.10. The van der Waals surface area contributed by atoms with E-state index >= 15 is 0 Å². The summed E-state index contributed by atoms with van der Waals surface area (Å²) in [6.07, 6.45) is 2.06. The fourth-order valence-electron chi connectivity index (χ4n) is 1.53. The zero-order valence-corrected chi connectivity index (χ0v) is 10.8. The van der Waals surface area contributed by atoms with Crippen LogP contribution >= 0.6 is 15.9 Å². The van der Waals surface area contributed by atoms with Gasteiger partial charge in [-0.1, -0.05) is 0 Å². The van der Waals surface area contributed by atoms with Gasteiger partial charge in [0.2, 0.25) is 5.60 Å². The first-order valence-corrected chi connectivity index (χ1v) is 5.93. The molecule has 17 heavy (non-hydrogen) atoms. The molecule has 0 amide bonds. The summed E-state index contributed by atoms with van der Waals surface area (Å²) in [6.45, 7) is 0. The molecule has 0 aromatic heterocycles. The third-order valence-electron chi connectivity index (χ3n) is 2.66. The lowest BCUT2D eigenvalue weighted by Gasteiger charge is -2.16. The summed E-state index contributed by atoms with van der Waals surface area (Å²) in [5.41, 5.74) is -0.285. The normalized spacial score (nSPS) is 16.1. The van der Waals surface area contributed by atoms with Crippen LogP contribution in [0.2, 0.25) is 0 Å². The number of halogens is 1. The molecule has 1 saturated carbocycles. The predicted octanol–water partition coefficient (Wildman–Crippen LogP) is 2.35. The zero-order valence-electron chi connectivity index (χ0n) is 9.23. The lowest BCUT2D eigenvalue weighted by Crippen LogP contribution is -2.30. The van der Waals surface area contributed by atoms with Gasteiger partial charge in [0.05, 0.1) is 11.6 Å². The molecule has 0 heterocycles. The van der Waals surface area contributed by atoms with Crippen molar-refractivity contribution in [2.24, 2.45) is 0 Å². The van der Waals surface area contributed by atoms with Crippen LogP contribution in [0.25, 0.3) is 0 Å². The number of carbonyl (C=O) groups is 2. The van der Waals surface area contributed by atoms with Crippen molar-refractivity contribution in [1.29, 1.82) is 0 Å². The van der Waals surface area contributed by atoms with Crippen LogP contribution in [-0.2, 0) is 9.53 Å². The molecule has 2 rings (SSSR count). The molecule has 1 aliphatic rings. The summed E-state index contributed by atoms with van der Waals surface area (Å²) in [5.74, 6) is 0.183. The number of ether oxygens (including phenoxy) is 2.